The zero-order valence-electron chi connectivity index (χ0n) is 10.3. The second-order valence-corrected chi connectivity index (χ2v) is 5.47. The van der Waals surface area contributed by atoms with Crippen molar-refractivity contribution in [2.75, 3.05) is 5.73 Å². The van der Waals surface area contributed by atoms with Crippen LogP contribution in [0.15, 0.2) is 29.2 Å². The first kappa shape index (κ1) is 13.2. The van der Waals surface area contributed by atoms with Gasteiger partial charge >= 0.3 is 0 Å². The van der Waals surface area contributed by atoms with Crippen LogP contribution in [0.3, 0.4) is 0 Å². The molecule has 0 atom stereocenters. The molecule has 0 aliphatic carbocycles. The fraction of sp³-hybridized carbons (Fsp3) is 0.231. The largest absolute Gasteiger partial charge is 0.399 e. The molecule has 0 fully saturated rings. The lowest BCUT2D eigenvalue weighted by Crippen LogP contribution is -1.96. The van der Waals surface area contributed by atoms with Gasteiger partial charge in [-0.25, -0.2) is 9.97 Å². The highest BCUT2D eigenvalue weighted by Crippen LogP contribution is 2.27. The first-order valence-electron chi connectivity index (χ1n) is 5.53. The molecule has 0 saturated carbocycles. The average molecular weight is 280 g/mol. The van der Waals surface area contributed by atoms with E-state index in [0.717, 1.165) is 22.1 Å². The normalized spacial score (nSPS) is 10.6. The summed E-state index contributed by atoms with van der Waals surface area (Å²) >= 11 is 7.58. The third-order valence-electron chi connectivity index (χ3n) is 2.44. The lowest BCUT2D eigenvalue weighted by molar-refractivity contribution is 0.995. The Balaban J connectivity index is 2.13. The maximum absolute atomic E-state index is 5.91. The predicted octanol–water partition coefficient (Wildman–Crippen LogP) is 3.62. The Morgan fingerprint density at radius 1 is 1.22 bits per heavy atom. The van der Waals surface area contributed by atoms with Gasteiger partial charge in [0.25, 0.3) is 0 Å². The molecular weight excluding hydrogens is 266 g/mol. The number of benzene rings is 1. The average Bonchev–Trinajstić information content (AvgIpc) is 2.29. The van der Waals surface area contributed by atoms with Crippen LogP contribution in [0.2, 0.25) is 5.15 Å². The maximum atomic E-state index is 5.91. The van der Waals surface area contributed by atoms with Gasteiger partial charge in [0.1, 0.15) is 11.0 Å². The molecular formula is C13H14ClN3S. The summed E-state index contributed by atoms with van der Waals surface area (Å²) < 4.78 is 0. The van der Waals surface area contributed by atoms with E-state index in [1.54, 1.807) is 17.8 Å². The minimum Gasteiger partial charge on any atom is -0.399 e. The van der Waals surface area contributed by atoms with Crippen LogP contribution in [0.25, 0.3) is 0 Å². The van der Waals surface area contributed by atoms with Crippen molar-refractivity contribution in [2.24, 2.45) is 0 Å². The Labute approximate surface area is 116 Å². The molecule has 0 aliphatic rings. The number of halogens is 1. The second kappa shape index (κ2) is 5.59. The molecule has 18 heavy (non-hydrogen) atoms. The molecule has 1 heterocycles. The van der Waals surface area contributed by atoms with Crippen LogP contribution >= 0.6 is 23.4 Å². The Hall–Kier alpha value is -1.26. The first-order valence-corrected chi connectivity index (χ1v) is 6.90. The van der Waals surface area contributed by atoms with E-state index in [9.17, 15) is 0 Å². The fourth-order valence-corrected chi connectivity index (χ4v) is 2.75. The zero-order chi connectivity index (χ0) is 13.1. The van der Waals surface area contributed by atoms with E-state index in [-0.39, 0.29) is 0 Å². The van der Waals surface area contributed by atoms with Gasteiger partial charge in [-0.2, -0.15) is 0 Å². The number of anilines is 1. The first-order chi connectivity index (χ1) is 8.54. The van der Waals surface area contributed by atoms with Crippen LogP contribution in [0, 0.1) is 13.8 Å². The van der Waals surface area contributed by atoms with Crippen molar-refractivity contribution in [3.05, 3.63) is 46.5 Å². The summed E-state index contributed by atoms with van der Waals surface area (Å²) in [4.78, 5) is 9.71. The molecule has 0 unspecified atom stereocenters. The fourth-order valence-electron chi connectivity index (χ4n) is 1.57. The minimum absolute atomic E-state index is 0.488. The molecule has 0 aliphatic heterocycles. The third-order valence-corrected chi connectivity index (χ3v) is 3.79. The standard InChI is InChI=1S/C13H14ClN3S/c1-8-3-4-10(15)6-11(8)18-7-13-16-9(2)5-12(14)17-13/h3-6H,7,15H2,1-2H3. The number of hydrogen-bond donors (Lipinski definition) is 1. The molecule has 1 aromatic carbocycles. The highest BCUT2D eigenvalue weighted by Gasteiger charge is 2.04. The van der Waals surface area contributed by atoms with Crippen LogP contribution in [-0.2, 0) is 5.75 Å². The van der Waals surface area contributed by atoms with Gasteiger partial charge in [0, 0.05) is 16.3 Å². The van der Waals surface area contributed by atoms with E-state index in [4.69, 9.17) is 17.3 Å². The summed E-state index contributed by atoms with van der Waals surface area (Å²) in [6, 6.07) is 7.64. The number of thioether (sulfide) groups is 1. The van der Waals surface area contributed by atoms with Crippen LogP contribution in [0.1, 0.15) is 17.1 Å². The van der Waals surface area contributed by atoms with Crippen molar-refractivity contribution in [1.82, 2.24) is 9.97 Å². The van der Waals surface area contributed by atoms with Crippen LogP contribution in [0.4, 0.5) is 5.69 Å². The smallest absolute Gasteiger partial charge is 0.140 e. The highest BCUT2D eigenvalue weighted by molar-refractivity contribution is 7.98. The summed E-state index contributed by atoms with van der Waals surface area (Å²) in [5, 5.41) is 0.488. The van der Waals surface area contributed by atoms with E-state index in [1.807, 2.05) is 25.1 Å². The van der Waals surface area contributed by atoms with Crippen molar-refractivity contribution in [3.8, 4) is 0 Å². The molecule has 0 radical (unpaired) electrons. The van der Waals surface area contributed by atoms with Gasteiger partial charge in [-0.1, -0.05) is 17.7 Å². The topological polar surface area (TPSA) is 51.8 Å². The van der Waals surface area contributed by atoms with Crippen molar-refractivity contribution >= 4 is 29.1 Å². The van der Waals surface area contributed by atoms with Gasteiger partial charge in [-0.05, 0) is 37.6 Å². The summed E-state index contributed by atoms with van der Waals surface area (Å²) in [5.74, 6) is 1.43. The number of nitrogens with zero attached hydrogens (tertiary/aromatic N) is 2. The molecule has 2 rings (SSSR count). The monoisotopic (exact) mass is 279 g/mol. The Morgan fingerprint density at radius 2 is 2.00 bits per heavy atom. The van der Waals surface area contributed by atoms with E-state index in [2.05, 4.69) is 16.9 Å². The van der Waals surface area contributed by atoms with Crippen LogP contribution in [-0.4, -0.2) is 9.97 Å². The highest BCUT2D eigenvalue weighted by atomic mass is 35.5. The van der Waals surface area contributed by atoms with Gasteiger partial charge in [0.15, 0.2) is 0 Å². The zero-order valence-corrected chi connectivity index (χ0v) is 11.8. The number of hydrogen-bond acceptors (Lipinski definition) is 4. The van der Waals surface area contributed by atoms with Gasteiger partial charge in [0.2, 0.25) is 0 Å². The predicted molar refractivity (Wildman–Crippen MR) is 76.9 cm³/mol. The van der Waals surface area contributed by atoms with Crippen LogP contribution in [0.5, 0.6) is 0 Å². The van der Waals surface area contributed by atoms with Crippen LogP contribution < -0.4 is 5.73 Å². The second-order valence-electron chi connectivity index (χ2n) is 4.06. The number of aryl methyl sites for hydroxylation is 2. The van der Waals surface area contributed by atoms with Gasteiger partial charge in [-0.15, -0.1) is 11.8 Å². The van der Waals surface area contributed by atoms with Crippen molar-refractivity contribution in [2.45, 2.75) is 24.5 Å². The molecule has 0 bridgehead atoms. The summed E-state index contributed by atoms with van der Waals surface area (Å²) in [5.41, 5.74) is 8.63. The third kappa shape index (κ3) is 3.37. The SMILES string of the molecule is Cc1cc(Cl)nc(CSc2cc(N)ccc2C)n1. The molecule has 0 spiro atoms. The maximum Gasteiger partial charge on any atom is 0.140 e. The Morgan fingerprint density at radius 3 is 2.72 bits per heavy atom. The van der Waals surface area contributed by atoms with E-state index in [1.165, 1.54) is 5.56 Å². The number of aromatic nitrogens is 2. The molecule has 3 nitrogen and oxygen atoms in total. The molecule has 94 valence electrons. The van der Waals surface area contributed by atoms with Gasteiger partial charge in [-0.3, -0.25) is 0 Å². The Kier molecular flexibility index (Phi) is 4.09. The number of nitrogens with two attached hydrogens (primary N) is 1. The van der Waals surface area contributed by atoms with Crippen molar-refractivity contribution in [3.63, 3.8) is 0 Å². The van der Waals surface area contributed by atoms with Crippen molar-refractivity contribution < 1.29 is 0 Å². The Bertz CT molecular complexity index is 552. The summed E-state index contributed by atoms with van der Waals surface area (Å²) in [7, 11) is 0. The van der Waals surface area contributed by atoms with E-state index in [0.29, 0.717) is 10.9 Å². The molecule has 5 heteroatoms. The van der Waals surface area contributed by atoms with Gasteiger partial charge in [0.05, 0.1) is 5.75 Å². The van der Waals surface area contributed by atoms with E-state index >= 15 is 0 Å². The summed E-state index contributed by atoms with van der Waals surface area (Å²) in [6.45, 7) is 3.97. The molecule has 1 aromatic heterocycles. The van der Waals surface area contributed by atoms with E-state index < -0.39 is 0 Å². The molecule has 0 saturated heterocycles. The summed E-state index contributed by atoms with van der Waals surface area (Å²) in [6.07, 6.45) is 0. The molecule has 2 N–H and O–H groups in total. The molecule has 0 amide bonds. The lowest BCUT2D eigenvalue weighted by atomic mass is 10.2. The lowest BCUT2D eigenvalue weighted by Gasteiger charge is -2.06. The minimum atomic E-state index is 0.488. The molecule has 2 aromatic rings. The van der Waals surface area contributed by atoms with Gasteiger partial charge < -0.3 is 5.73 Å². The number of nitrogen functional groups attached to an aromatic ring is 1. The quantitative estimate of drug-likeness (QED) is 0.530. The number of rotatable bonds is 3. The van der Waals surface area contributed by atoms with Crippen molar-refractivity contribution in [1.29, 1.82) is 0 Å².